The summed E-state index contributed by atoms with van der Waals surface area (Å²) in [7, 11) is 0. The van der Waals surface area contributed by atoms with Gasteiger partial charge in [-0.2, -0.15) is 0 Å². The minimum atomic E-state index is -0.393. The van der Waals surface area contributed by atoms with Crippen molar-refractivity contribution in [3.8, 4) is 5.75 Å². The number of fused-ring (bicyclic) bond motifs is 1. The van der Waals surface area contributed by atoms with Crippen molar-refractivity contribution in [1.82, 2.24) is 10.2 Å². The van der Waals surface area contributed by atoms with E-state index in [2.05, 4.69) is 46.3 Å². The first-order valence-electron chi connectivity index (χ1n) is 10.7. The van der Waals surface area contributed by atoms with E-state index in [1.165, 1.54) is 11.3 Å². The molecule has 1 heterocycles. The molecule has 1 N–H and O–H groups in total. The molecule has 0 saturated carbocycles. The molecule has 3 aromatic rings. The molecule has 0 bridgehead atoms. The van der Waals surface area contributed by atoms with Gasteiger partial charge in [-0.25, -0.2) is 4.79 Å². The van der Waals surface area contributed by atoms with E-state index < -0.39 is 6.09 Å². The molecular weight excluding hydrogens is 374 g/mol. The van der Waals surface area contributed by atoms with Crippen molar-refractivity contribution in [1.29, 1.82) is 0 Å². The van der Waals surface area contributed by atoms with Gasteiger partial charge in [-0.1, -0.05) is 54.6 Å². The third-order valence-corrected chi connectivity index (χ3v) is 5.70. The van der Waals surface area contributed by atoms with E-state index in [1.807, 2.05) is 42.5 Å². The van der Waals surface area contributed by atoms with Crippen LogP contribution < -0.4 is 15.0 Å². The molecule has 0 aliphatic carbocycles. The van der Waals surface area contributed by atoms with Crippen LogP contribution in [-0.2, 0) is 0 Å². The highest BCUT2D eigenvalue weighted by molar-refractivity contribution is 5.90. The number of piperazine rings is 1. The molecule has 1 saturated heterocycles. The first-order valence-corrected chi connectivity index (χ1v) is 10.7. The number of carbonyl (C=O) groups excluding carboxylic acids is 1. The summed E-state index contributed by atoms with van der Waals surface area (Å²) in [6, 6.07) is 22.2. The lowest BCUT2D eigenvalue weighted by molar-refractivity contribution is 0.199. The second-order valence-electron chi connectivity index (χ2n) is 7.76. The quantitative estimate of drug-likeness (QED) is 0.618. The van der Waals surface area contributed by atoms with Gasteiger partial charge in [0.15, 0.2) is 0 Å². The predicted molar refractivity (Wildman–Crippen MR) is 122 cm³/mol. The largest absolute Gasteiger partial charge is 0.412 e. The van der Waals surface area contributed by atoms with Crippen LogP contribution in [0.5, 0.6) is 5.75 Å². The van der Waals surface area contributed by atoms with Crippen LogP contribution in [0, 0.1) is 6.92 Å². The highest BCUT2D eigenvalue weighted by atomic mass is 16.6. The highest BCUT2D eigenvalue weighted by Gasteiger charge is 2.17. The minimum absolute atomic E-state index is 0.393. The van der Waals surface area contributed by atoms with E-state index in [1.54, 1.807) is 0 Å². The van der Waals surface area contributed by atoms with Gasteiger partial charge in [-0.05, 0) is 43.0 Å². The number of amides is 1. The lowest BCUT2D eigenvalue weighted by Gasteiger charge is -2.36. The fourth-order valence-electron chi connectivity index (χ4n) is 4.04. The van der Waals surface area contributed by atoms with Crippen LogP contribution in [-0.4, -0.2) is 50.3 Å². The lowest BCUT2D eigenvalue weighted by atomic mass is 10.1. The topological polar surface area (TPSA) is 44.8 Å². The van der Waals surface area contributed by atoms with E-state index in [0.717, 1.165) is 49.9 Å². The van der Waals surface area contributed by atoms with Crippen molar-refractivity contribution in [2.24, 2.45) is 0 Å². The van der Waals surface area contributed by atoms with Crippen LogP contribution in [0.4, 0.5) is 10.5 Å². The van der Waals surface area contributed by atoms with Gasteiger partial charge in [0, 0.05) is 43.8 Å². The Hall–Kier alpha value is -3.05. The van der Waals surface area contributed by atoms with E-state index in [9.17, 15) is 4.79 Å². The van der Waals surface area contributed by atoms with E-state index in [0.29, 0.717) is 12.3 Å². The molecule has 1 amide bonds. The van der Waals surface area contributed by atoms with Crippen molar-refractivity contribution >= 4 is 22.6 Å². The molecule has 5 heteroatoms. The molecule has 30 heavy (non-hydrogen) atoms. The molecular formula is C25H29N3O2. The first-order chi connectivity index (χ1) is 14.7. The Morgan fingerprint density at radius 2 is 1.67 bits per heavy atom. The summed E-state index contributed by atoms with van der Waals surface area (Å²) in [6.07, 6.45) is 0.519. The molecule has 0 atom stereocenters. The summed E-state index contributed by atoms with van der Waals surface area (Å²) in [5, 5.41) is 4.89. The number of carbonyl (C=O) groups is 1. The summed E-state index contributed by atoms with van der Waals surface area (Å²) in [5.41, 5.74) is 2.68. The Bertz CT molecular complexity index is 991. The Balaban J connectivity index is 1.18. The van der Waals surface area contributed by atoms with E-state index >= 15 is 0 Å². The number of anilines is 1. The van der Waals surface area contributed by atoms with Gasteiger partial charge in [0.25, 0.3) is 0 Å². The van der Waals surface area contributed by atoms with Crippen molar-refractivity contribution in [3.63, 3.8) is 0 Å². The fraction of sp³-hybridized carbons (Fsp3) is 0.320. The zero-order chi connectivity index (χ0) is 20.8. The number of ether oxygens (including phenoxy) is 1. The molecule has 3 aromatic carbocycles. The molecule has 0 aromatic heterocycles. The molecule has 0 spiro atoms. The standard InChI is InChI=1S/C25H29N3O2/c1-20-8-2-5-12-23(20)28-18-16-27(17-19-28)15-7-14-26-25(29)30-24-13-6-10-21-9-3-4-11-22(21)24/h2-6,8-13H,7,14-19H2,1H3,(H,26,29). The Kier molecular flexibility index (Phi) is 6.50. The average Bonchev–Trinajstić information content (AvgIpc) is 2.78. The Morgan fingerprint density at radius 3 is 2.50 bits per heavy atom. The van der Waals surface area contributed by atoms with Crippen LogP contribution in [0.25, 0.3) is 10.8 Å². The second kappa shape index (κ2) is 9.63. The van der Waals surface area contributed by atoms with Crippen LogP contribution in [0.3, 0.4) is 0 Å². The first kappa shape index (κ1) is 20.2. The summed E-state index contributed by atoms with van der Waals surface area (Å²) in [5.74, 6) is 0.595. The third kappa shape index (κ3) is 4.92. The summed E-state index contributed by atoms with van der Waals surface area (Å²) in [6.45, 7) is 7.95. The summed E-state index contributed by atoms with van der Waals surface area (Å²) < 4.78 is 5.52. The molecule has 0 radical (unpaired) electrons. The molecule has 1 aliphatic rings. The van der Waals surface area contributed by atoms with Crippen LogP contribution in [0.1, 0.15) is 12.0 Å². The monoisotopic (exact) mass is 403 g/mol. The van der Waals surface area contributed by atoms with Gasteiger partial charge < -0.3 is 15.0 Å². The second-order valence-corrected chi connectivity index (χ2v) is 7.76. The zero-order valence-electron chi connectivity index (χ0n) is 17.5. The third-order valence-electron chi connectivity index (χ3n) is 5.70. The van der Waals surface area contributed by atoms with Crippen molar-refractivity contribution in [3.05, 3.63) is 72.3 Å². The fourth-order valence-corrected chi connectivity index (χ4v) is 4.04. The molecule has 0 unspecified atom stereocenters. The minimum Gasteiger partial charge on any atom is -0.410 e. The van der Waals surface area contributed by atoms with Crippen LogP contribution >= 0.6 is 0 Å². The van der Waals surface area contributed by atoms with Gasteiger partial charge in [0.2, 0.25) is 0 Å². The number of hydrogen-bond acceptors (Lipinski definition) is 4. The SMILES string of the molecule is Cc1ccccc1N1CCN(CCCNC(=O)Oc2cccc3ccccc23)CC1. The normalized spacial score (nSPS) is 14.6. The average molecular weight is 404 g/mol. The van der Waals surface area contributed by atoms with Gasteiger partial charge in [0.05, 0.1) is 0 Å². The van der Waals surface area contributed by atoms with Crippen LogP contribution in [0.15, 0.2) is 66.7 Å². The maximum atomic E-state index is 12.2. The highest BCUT2D eigenvalue weighted by Crippen LogP contribution is 2.25. The number of rotatable bonds is 6. The number of para-hydroxylation sites is 1. The molecule has 1 aliphatic heterocycles. The number of hydrogen-bond donors (Lipinski definition) is 1. The smallest absolute Gasteiger partial charge is 0.410 e. The predicted octanol–water partition coefficient (Wildman–Crippen LogP) is 4.45. The van der Waals surface area contributed by atoms with Crippen LogP contribution in [0.2, 0.25) is 0 Å². The number of nitrogens with one attached hydrogen (secondary N) is 1. The van der Waals surface area contributed by atoms with Gasteiger partial charge >= 0.3 is 6.09 Å². The van der Waals surface area contributed by atoms with Crippen molar-refractivity contribution in [2.45, 2.75) is 13.3 Å². The van der Waals surface area contributed by atoms with E-state index in [-0.39, 0.29) is 0 Å². The van der Waals surface area contributed by atoms with E-state index in [4.69, 9.17) is 4.74 Å². The Labute approximate surface area is 178 Å². The molecule has 1 fully saturated rings. The van der Waals surface area contributed by atoms with Gasteiger partial charge in [0.1, 0.15) is 5.75 Å². The number of aryl methyl sites for hydroxylation is 1. The summed E-state index contributed by atoms with van der Waals surface area (Å²) in [4.78, 5) is 17.1. The maximum absolute atomic E-state index is 12.2. The number of nitrogens with zero attached hydrogens (tertiary/aromatic N) is 2. The number of benzene rings is 3. The summed E-state index contributed by atoms with van der Waals surface area (Å²) >= 11 is 0. The molecule has 4 rings (SSSR count). The van der Waals surface area contributed by atoms with Gasteiger partial charge in [-0.3, -0.25) is 4.90 Å². The van der Waals surface area contributed by atoms with Gasteiger partial charge in [-0.15, -0.1) is 0 Å². The zero-order valence-corrected chi connectivity index (χ0v) is 17.5. The Morgan fingerprint density at radius 1 is 0.933 bits per heavy atom. The molecule has 5 nitrogen and oxygen atoms in total. The maximum Gasteiger partial charge on any atom is 0.412 e. The molecule has 156 valence electrons. The van der Waals surface area contributed by atoms with Crippen molar-refractivity contribution in [2.75, 3.05) is 44.2 Å². The van der Waals surface area contributed by atoms with Crippen molar-refractivity contribution < 1.29 is 9.53 Å². The lowest BCUT2D eigenvalue weighted by Crippen LogP contribution is -2.47.